The second kappa shape index (κ2) is 10.9. The minimum Gasteiger partial charge on any atom is -0.480 e. The maximum absolute atomic E-state index is 12.0. The topological polar surface area (TPSA) is 100 Å². The smallest absolute Gasteiger partial charge is 0.245 e. The first kappa shape index (κ1) is 26.2. The first-order valence-electron chi connectivity index (χ1n) is 14.5. The number of fused-ring (bicyclic) bond motifs is 2. The molecule has 1 aliphatic heterocycles. The monoisotopic (exact) mass is 559 g/mol. The number of hydrogen-bond donors (Lipinski definition) is 2. The predicted molar refractivity (Wildman–Crippen MR) is 162 cm³/mol. The molecule has 1 saturated heterocycles. The maximum Gasteiger partial charge on any atom is 0.245 e. The molecule has 0 unspecified atom stereocenters. The Hall–Kier alpha value is -4.76. The van der Waals surface area contributed by atoms with Gasteiger partial charge in [-0.05, 0) is 49.0 Å². The molecule has 2 aromatic carbocycles. The highest BCUT2D eigenvalue weighted by molar-refractivity contribution is 5.88. The van der Waals surface area contributed by atoms with Gasteiger partial charge in [0, 0.05) is 59.7 Å². The normalized spacial score (nSPS) is 17.0. The SMILES string of the molecule is C=CC(=O)N1CCC(N[C@H]2CCc3cc(-c4nc5c(-c6cn[nH]c6)cc(OC)nn5c4-c4ccccc4)ccc32)CC1. The Morgan fingerprint density at radius 3 is 2.64 bits per heavy atom. The summed E-state index contributed by atoms with van der Waals surface area (Å²) in [6.07, 6.45) is 9.04. The molecule has 212 valence electrons. The largest absolute Gasteiger partial charge is 0.480 e. The van der Waals surface area contributed by atoms with Crippen molar-refractivity contribution in [2.45, 2.75) is 37.8 Å². The van der Waals surface area contributed by atoms with Crippen LogP contribution in [0, 0.1) is 0 Å². The predicted octanol–water partition coefficient (Wildman–Crippen LogP) is 5.22. The zero-order chi connectivity index (χ0) is 28.6. The fourth-order valence-corrected chi connectivity index (χ4v) is 6.38. The van der Waals surface area contributed by atoms with Gasteiger partial charge in [-0.2, -0.15) is 5.10 Å². The van der Waals surface area contributed by atoms with E-state index in [9.17, 15) is 4.79 Å². The molecule has 1 fully saturated rings. The molecule has 42 heavy (non-hydrogen) atoms. The number of aromatic amines is 1. The first-order valence-corrected chi connectivity index (χ1v) is 14.5. The number of ether oxygens (including phenoxy) is 1. The molecule has 9 heteroatoms. The van der Waals surface area contributed by atoms with Crippen molar-refractivity contribution in [2.75, 3.05) is 20.2 Å². The third kappa shape index (κ3) is 4.65. The summed E-state index contributed by atoms with van der Waals surface area (Å²) in [5, 5.41) is 15.8. The summed E-state index contributed by atoms with van der Waals surface area (Å²) in [6.45, 7) is 5.17. The van der Waals surface area contributed by atoms with Gasteiger partial charge >= 0.3 is 0 Å². The van der Waals surface area contributed by atoms with E-state index in [1.165, 1.54) is 17.2 Å². The van der Waals surface area contributed by atoms with E-state index in [0.29, 0.717) is 18.0 Å². The molecule has 9 nitrogen and oxygen atoms in total. The van der Waals surface area contributed by atoms with Gasteiger partial charge in [-0.25, -0.2) is 9.50 Å². The average molecular weight is 560 g/mol. The highest BCUT2D eigenvalue weighted by Gasteiger charge is 2.29. The van der Waals surface area contributed by atoms with Gasteiger partial charge in [0.1, 0.15) is 5.69 Å². The molecule has 0 spiro atoms. The zero-order valence-electron chi connectivity index (χ0n) is 23.6. The van der Waals surface area contributed by atoms with E-state index in [0.717, 1.165) is 78.1 Å². The number of methoxy groups -OCH3 is 1. The molecule has 0 bridgehead atoms. The van der Waals surface area contributed by atoms with Crippen LogP contribution in [0.3, 0.4) is 0 Å². The highest BCUT2D eigenvalue weighted by Crippen LogP contribution is 2.40. The number of nitrogens with zero attached hydrogens (tertiary/aromatic N) is 5. The van der Waals surface area contributed by atoms with Crippen LogP contribution in [0.5, 0.6) is 5.88 Å². The Morgan fingerprint density at radius 2 is 1.90 bits per heavy atom. The lowest BCUT2D eigenvalue weighted by atomic mass is 9.99. The lowest BCUT2D eigenvalue weighted by molar-refractivity contribution is -0.127. The summed E-state index contributed by atoms with van der Waals surface area (Å²) < 4.78 is 7.50. The van der Waals surface area contributed by atoms with E-state index >= 15 is 0 Å². The molecule has 0 saturated carbocycles. The molecule has 1 aliphatic carbocycles. The summed E-state index contributed by atoms with van der Waals surface area (Å²) in [5.74, 6) is 0.530. The summed E-state index contributed by atoms with van der Waals surface area (Å²) in [4.78, 5) is 19.1. The molecule has 3 aromatic heterocycles. The summed E-state index contributed by atoms with van der Waals surface area (Å²) >= 11 is 0. The standard InChI is InChI=1S/C33H33N7O2/c1-3-30(41)39-15-13-25(14-16-39)36-28-12-10-22-17-23(9-11-26(22)28)31-32(21-7-5-4-6-8-21)40-33(37-31)27(18-29(38-40)42-2)24-19-34-35-20-24/h3-9,11,17-20,25,28,36H,1,10,12-16H2,2H3,(H,34,35)/t28-/m0/s1. The van der Waals surface area contributed by atoms with E-state index < -0.39 is 0 Å². The summed E-state index contributed by atoms with van der Waals surface area (Å²) in [6, 6.07) is 19.6. The number of aromatic nitrogens is 5. The van der Waals surface area contributed by atoms with Crippen LogP contribution < -0.4 is 10.1 Å². The van der Waals surface area contributed by atoms with Crippen molar-refractivity contribution in [1.29, 1.82) is 0 Å². The number of aryl methyl sites for hydroxylation is 1. The molecule has 1 atom stereocenters. The van der Waals surface area contributed by atoms with Crippen LogP contribution in [0.4, 0.5) is 0 Å². The fourth-order valence-electron chi connectivity index (χ4n) is 6.38. The number of benzene rings is 2. The molecular formula is C33H33N7O2. The zero-order valence-corrected chi connectivity index (χ0v) is 23.6. The van der Waals surface area contributed by atoms with Gasteiger partial charge in [0.15, 0.2) is 5.65 Å². The molecule has 1 amide bonds. The van der Waals surface area contributed by atoms with Crippen LogP contribution in [0.2, 0.25) is 0 Å². The Bertz CT molecular complexity index is 1750. The lowest BCUT2D eigenvalue weighted by Gasteiger charge is -2.33. The van der Waals surface area contributed by atoms with Crippen molar-refractivity contribution in [3.63, 3.8) is 0 Å². The van der Waals surface area contributed by atoms with E-state index in [4.69, 9.17) is 14.8 Å². The number of rotatable bonds is 7. The van der Waals surface area contributed by atoms with Crippen LogP contribution >= 0.6 is 0 Å². The quantitative estimate of drug-likeness (QED) is 0.266. The molecule has 2 N–H and O–H groups in total. The van der Waals surface area contributed by atoms with Crippen LogP contribution in [-0.4, -0.2) is 61.8 Å². The third-order valence-corrected chi connectivity index (χ3v) is 8.54. The third-order valence-electron chi connectivity index (χ3n) is 8.54. The van der Waals surface area contributed by atoms with Crippen molar-refractivity contribution >= 4 is 11.6 Å². The molecule has 0 radical (unpaired) electrons. The summed E-state index contributed by atoms with van der Waals surface area (Å²) in [7, 11) is 1.63. The molecule has 7 rings (SSSR count). The average Bonchev–Trinajstić information content (AvgIpc) is 3.80. The maximum atomic E-state index is 12.0. The van der Waals surface area contributed by atoms with Crippen molar-refractivity contribution < 1.29 is 9.53 Å². The van der Waals surface area contributed by atoms with E-state index in [2.05, 4.69) is 52.4 Å². The molecule has 4 heterocycles. The van der Waals surface area contributed by atoms with Gasteiger partial charge in [-0.1, -0.05) is 49.0 Å². The number of nitrogens with one attached hydrogen (secondary N) is 2. The van der Waals surface area contributed by atoms with Gasteiger partial charge < -0.3 is 15.0 Å². The number of amides is 1. The number of hydrogen-bond acceptors (Lipinski definition) is 6. The molecule has 2 aliphatic rings. The minimum absolute atomic E-state index is 0.0274. The molecule has 5 aromatic rings. The van der Waals surface area contributed by atoms with Crippen molar-refractivity contribution in [3.8, 4) is 39.5 Å². The Balaban J connectivity index is 1.25. The Morgan fingerprint density at radius 1 is 1.07 bits per heavy atom. The fraction of sp³-hybridized carbons (Fsp3) is 0.273. The number of carbonyl (C=O) groups excluding carboxylic acids is 1. The number of piperidine rings is 1. The van der Waals surface area contributed by atoms with E-state index in [1.54, 1.807) is 13.3 Å². The van der Waals surface area contributed by atoms with Gasteiger partial charge in [-0.15, -0.1) is 5.10 Å². The first-order chi connectivity index (χ1) is 20.6. The van der Waals surface area contributed by atoms with Crippen molar-refractivity contribution in [1.82, 2.24) is 35.0 Å². The van der Waals surface area contributed by atoms with Crippen molar-refractivity contribution in [2.24, 2.45) is 0 Å². The number of imidazole rings is 1. The lowest BCUT2D eigenvalue weighted by Crippen LogP contribution is -2.45. The van der Waals surface area contributed by atoms with Crippen LogP contribution in [0.25, 0.3) is 39.3 Å². The van der Waals surface area contributed by atoms with E-state index in [1.807, 2.05) is 39.9 Å². The van der Waals surface area contributed by atoms with Crippen LogP contribution in [0.15, 0.2) is 79.6 Å². The van der Waals surface area contributed by atoms with Gasteiger partial charge in [0.25, 0.3) is 0 Å². The van der Waals surface area contributed by atoms with Crippen molar-refractivity contribution in [3.05, 3.63) is 90.8 Å². The number of likely N-dealkylation sites (tertiary alicyclic amines) is 1. The van der Waals surface area contributed by atoms with Crippen LogP contribution in [0.1, 0.15) is 36.4 Å². The minimum atomic E-state index is 0.0274. The summed E-state index contributed by atoms with van der Waals surface area (Å²) in [5.41, 5.74) is 9.14. The highest BCUT2D eigenvalue weighted by atomic mass is 16.5. The number of carbonyl (C=O) groups is 1. The van der Waals surface area contributed by atoms with Crippen LogP contribution in [-0.2, 0) is 11.2 Å². The molecular weight excluding hydrogens is 526 g/mol. The van der Waals surface area contributed by atoms with Gasteiger partial charge in [0.2, 0.25) is 11.8 Å². The Labute approximate surface area is 244 Å². The van der Waals surface area contributed by atoms with Gasteiger partial charge in [-0.3, -0.25) is 9.89 Å². The Kier molecular flexibility index (Phi) is 6.79. The second-order valence-electron chi connectivity index (χ2n) is 11.0. The van der Waals surface area contributed by atoms with Gasteiger partial charge in [0.05, 0.1) is 19.0 Å². The number of H-pyrrole nitrogens is 1. The van der Waals surface area contributed by atoms with E-state index in [-0.39, 0.29) is 5.91 Å². The second-order valence-corrected chi connectivity index (χ2v) is 11.0.